The van der Waals surface area contributed by atoms with Crippen molar-refractivity contribution in [2.45, 2.75) is 39.7 Å². The molecule has 4 nitrogen and oxygen atoms in total. The summed E-state index contributed by atoms with van der Waals surface area (Å²) in [5.41, 5.74) is 5.81. The smallest absolute Gasteiger partial charge is 0.238 e. The van der Waals surface area contributed by atoms with E-state index in [1.165, 1.54) is 36.1 Å². The van der Waals surface area contributed by atoms with Crippen molar-refractivity contribution in [3.8, 4) is 0 Å². The van der Waals surface area contributed by atoms with Crippen LogP contribution in [0.15, 0.2) is 42.5 Å². The molecule has 2 aromatic carbocycles. The van der Waals surface area contributed by atoms with E-state index in [9.17, 15) is 4.79 Å². The Balaban J connectivity index is 1.60. The van der Waals surface area contributed by atoms with Gasteiger partial charge in [0, 0.05) is 31.0 Å². The molecule has 2 aromatic rings. The Bertz CT molecular complexity index is 781. The summed E-state index contributed by atoms with van der Waals surface area (Å²) in [6.07, 6.45) is 3.86. The molecule has 1 amide bonds. The summed E-state index contributed by atoms with van der Waals surface area (Å²) in [6, 6.07) is 14.7. The number of benzene rings is 2. The zero-order chi connectivity index (χ0) is 19.2. The number of piperidine rings is 1. The number of hydrogen-bond acceptors (Lipinski definition) is 3. The molecule has 1 heterocycles. The van der Waals surface area contributed by atoms with Crippen molar-refractivity contribution in [3.05, 3.63) is 59.2 Å². The second kappa shape index (κ2) is 9.05. The Hall–Kier alpha value is -2.33. The van der Waals surface area contributed by atoms with Crippen molar-refractivity contribution in [2.24, 2.45) is 0 Å². The number of anilines is 2. The minimum absolute atomic E-state index is 0.0277. The number of rotatable bonds is 6. The first-order valence-electron chi connectivity index (χ1n) is 9.91. The quantitative estimate of drug-likeness (QED) is 0.826. The number of carbonyl (C=O) groups excluding carboxylic acids is 1. The zero-order valence-corrected chi connectivity index (χ0v) is 16.8. The molecule has 0 aromatic heterocycles. The lowest BCUT2D eigenvalue weighted by molar-refractivity contribution is -0.117. The summed E-state index contributed by atoms with van der Waals surface area (Å²) in [6.45, 7) is 7.50. The topological polar surface area (TPSA) is 35.6 Å². The Morgan fingerprint density at radius 1 is 1.07 bits per heavy atom. The molecular weight excluding hydrogens is 334 g/mol. The molecule has 27 heavy (non-hydrogen) atoms. The van der Waals surface area contributed by atoms with E-state index in [-0.39, 0.29) is 5.91 Å². The van der Waals surface area contributed by atoms with Gasteiger partial charge in [-0.2, -0.15) is 0 Å². The number of hydrogen-bond donors (Lipinski definition) is 1. The Labute approximate surface area is 163 Å². The molecule has 1 fully saturated rings. The normalized spacial score (nSPS) is 14.4. The number of amides is 1. The Morgan fingerprint density at radius 2 is 1.81 bits per heavy atom. The fourth-order valence-electron chi connectivity index (χ4n) is 3.82. The molecule has 3 rings (SSSR count). The maximum Gasteiger partial charge on any atom is 0.238 e. The molecule has 0 aliphatic carbocycles. The van der Waals surface area contributed by atoms with Crippen molar-refractivity contribution in [3.63, 3.8) is 0 Å². The average Bonchev–Trinajstić information content (AvgIpc) is 2.65. The summed E-state index contributed by atoms with van der Waals surface area (Å²) in [5.74, 6) is 0.0277. The molecule has 1 aliphatic heterocycles. The highest BCUT2D eigenvalue weighted by atomic mass is 16.2. The van der Waals surface area contributed by atoms with Crippen LogP contribution >= 0.6 is 0 Å². The average molecular weight is 366 g/mol. The SMILES string of the molecule is Cc1ccc(NC(=O)CN(C)Cc2ccccc2N2CCCCC2)c(C)c1. The monoisotopic (exact) mass is 365 g/mol. The van der Waals surface area contributed by atoms with E-state index >= 15 is 0 Å². The maximum atomic E-state index is 12.5. The van der Waals surface area contributed by atoms with Gasteiger partial charge in [0.1, 0.15) is 0 Å². The lowest BCUT2D eigenvalue weighted by Crippen LogP contribution is -2.33. The molecule has 0 atom stereocenters. The third-order valence-corrected chi connectivity index (χ3v) is 5.20. The van der Waals surface area contributed by atoms with Gasteiger partial charge in [-0.1, -0.05) is 35.9 Å². The van der Waals surface area contributed by atoms with Crippen molar-refractivity contribution in [2.75, 3.05) is 36.9 Å². The van der Waals surface area contributed by atoms with E-state index in [1.807, 2.05) is 26.1 Å². The van der Waals surface area contributed by atoms with Gasteiger partial charge < -0.3 is 10.2 Å². The van der Waals surface area contributed by atoms with Crippen LogP contribution in [0.25, 0.3) is 0 Å². The number of aryl methyl sites for hydroxylation is 2. The minimum atomic E-state index is 0.0277. The third-order valence-electron chi connectivity index (χ3n) is 5.20. The molecule has 0 unspecified atom stereocenters. The first-order chi connectivity index (χ1) is 13.0. The Kier molecular flexibility index (Phi) is 6.51. The summed E-state index contributed by atoms with van der Waals surface area (Å²) in [4.78, 5) is 17.0. The number of nitrogens with zero attached hydrogens (tertiary/aromatic N) is 2. The molecule has 1 N–H and O–H groups in total. The van der Waals surface area contributed by atoms with Crippen molar-refractivity contribution >= 4 is 17.3 Å². The van der Waals surface area contributed by atoms with Gasteiger partial charge in [-0.15, -0.1) is 0 Å². The van der Waals surface area contributed by atoms with Gasteiger partial charge in [0.05, 0.1) is 6.54 Å². The van der Waals surface area contributed by atoms with Gasteiger partial charge in [-0.3, -0.25) is 9.69 Å². The molecule has 1 aliphatic rings. The minimum Gasteiger partial charge on any atom is -0.371 e. The lowest BCUT2D eigenvalue weighted by Gasteiger charge is -2.31. The standard InChI is InChI=1S/C23H31N3O/c1-18-11-12-21(19(2)15-18)24-23(27)17-25(3)16-20-9-5-6-10-22(20)26-13-7-4-8-14-26/h5-6,9-12,15H,4,7-8,13-14,16-17H2,1-3H3,(H,24,27). The van der Waals surface area contributed by atoms with E-state index in [4.69, 9.17) is 0 Å². The van der Waals surface area contributed by atoms with Crippen molar-refractivity contribution < 1.29 is 4.79 Å². The zero-order valence-electron chi connectivity index (χ0n) is 16.8. The highest BCUT2D eigenvalue weighted by molar-refractivity contribution is 5.93. The van der Waals surface area contributed by atoms with E-state index in [0.29, 0.717) is 6.54 Å². The van der Waals surface area contributed by atoms with Crippen LogP contribution in [0.4, 0.5) is 11.4 Å². The number of carbonyl (C=O) groups is 1. The first-order valence-corrected chi connectivity index (χ1v) is 9.91. The van der Waals surface area contributed by atoms with Crippen LogP contribution in [-0.4, -0.2) is 37.5 Å². The predicted octanol–water partition coefficient (Wildman–Crippen LogP) is 4.36. The van der Waals surface area contributed by atoms with Crippen molar-refractivity contribution in [1.29, 1.82) is 0 Å². The van der Waals surface area contributed by atoms with Crippen LogP contribution in [-0.2, 0) is 11.3 Å². The molecule has 144 valence electrons. The summed E-state index contributed by atoms with van der Waals surface area (Å²) >= 11 is 0. The predicted molar refractivity (Wildman–Crippen MR) is 113 cm³/mol. The molecule has 0 spiro atoms. The van der Waals surface area contributed by atoms with Crippen LogP contribution < -0.4 is 10.2 Å². The van der Waals surface area contributed by atoms with E-state index < -0.39 is 0 Å². The van der Waals surface area contributed by atoms with Crippen LogP contribution in [0.3, 0.4) is 0 Å². The van der Waals surface area contributed by atoms with E-state index in [1.54, 1.807) is 0 Å². The highest BCUT2D eigenvalue weighted by Gasteiger charge is 2.16. The largest absolute Gasteiger partial charge is 0.371 e. The third kappa shape index (κ3) is 5.33. The summed E-state index contributed by atoms with van der Waals surface area (Å²) in [7, 11) is 2.01. The van der Waals surface area contributed by atoms with Gasteiger partial charge in [0.25, 0.3) is 0 Å². The van der Waals surface area contributed by atoms with Gasteiger partial charge in [0.15, 0.2) is 0 Å². The highest BCUT2D eigenvalue weighted by Crippen LogP contribution is 2.25. The molecule has 4 heteroatoms. The van der Waals surface area contributed by atoms with Crippen LogP contribution in [0.1, 0.15) is 36.0 Å². The molecular formula is C23H31N3O. The van der Waals surface area contributed by atoms with Crippen LogP contribution in [0.2, 0.25) is 0 Å². The fraction of sp³-hybridized carbons (Fsp3) is 0.435. The van der Waals surface area contributed by atoms with E-state index in [2.05, 4.69) is 52.4 Å². The fourth-order valence-corrected chi connectivity index (χ4v) is 3.82. The second-order valence-electron chi connectivity index (χ2n) is 7.72. The molecule has 0 saturated carbocycles. The number of nitrogens with one attached hydrogen (secondary N) is 1. The lowest BCUT2D eigenvalue weighted by atomic mass is 10.1. The van der Waals surface area contributed by atoms with Crippen LogP contribution in [0, 0.1) is 13.8 Å². The number of para-hydroxylation sites is 1. The van der Waals surface area contributed by atoms with E-state index in [0.717, 1.165) is 30.9 Å². The first kappa shape index (κ1) is 19.4. The molecule has 0 radical (unpaired) electrons. The Morgan fingerprint density at radius 3 is 2.56 bits per heavy atom. The van der Waals surface area contributed by atoms with Gasteiger partial charge in [0.2, 0.25) is 5.91 Å². The number of likely N-dealkylation sites (N-methyl/N-ethyl adjacent to an activating group) is 1. The second-order valence-corrected chi connectivity index (χ2v) is 7.72. The van der Waals surface area contributed by atoms with Gasteiger partial charge in [-0.25, -0.2) is 0 Å². The summed E-state index contributed by atoms with van der Waals surface area (Å²) < 4.78 is 0. The molecule has 1 saturated heterocycles. The van der Waals surface area contributed by atoms with Crippen molar-refractivity contribution in [1.82, 2.24) is 4.90 Å². The summed E-state index contributed by atoms with van der Waals surface area (Å²) in [5, 5.41) is 3.04. The van der Waals surface area contributed by atoms with Crippen LogP contribution in [0.5, 0.6) is 0 Å². The van der Waals surface area contributed by atoms with Gasteiger partial charge in [-0.05, 0) is 63.4 Å². The van der Waals surface area contributed by atoms with Gasteiger partial charge >= 0.3 is 0 Å². The maximum absolute atomic E-state index is 12.5. The molecule has 0 bridgehead atoms.